The van der Waals surface area contributed by atoms with Crippen LogP contribution in [0, 0.1) is 5.92 Å². The molecule has 0 aromatic carbocycles. The van der Waals surface area contributed by atoms with E-state index in [0.717, 1.165) is 25.0 Å². The molecule has 0 aromatic rings. The molecule has 1 unspecified atom stereocenters. The third-order valence-electron chi connectivity index (χ3n) is 2.57. The molecule has 0 spiro atoms. The van der Waals surface area contributed by atoms with Crippen LogP contribution in [-0.4, -0.2) is 39.8 Å². The Balaban J connectivity index is 3.79. The maximum Gasteiger partial charge on any atom is 0.208 e. The molecular formula is C12H28N4O2S. The van der Waals surface area contributed by atoms with Crippen molar-refractivity contribution in [2.75, 3.05) is 19.3 Å². The zero-order valence-electron chi connectivity index (χ0n) is 12.4. The molecule has 0 saturated carbocycles. The van der Waals surface area contributed by atoms with Crippen molar-refractivity contribution in [1.82, 2.24) is 10.0 Å². The number of guanidine groups is 1. The number of sulfonamides is 1. The largest absolute Gasteiger partial charge is 0.370 e. The van der Waals surface area contributed by atoms with Gasteiger partial charge in [0, 0.05) is 12.6 Å². The molecular weight excluding hydrogens is 264 g/mol. The van der Waals surface area contributed by atoms with Crippen LogP contribution in [-0.2, 0) is 10.0 Å². The van der Waals surface area contributed by atoms with Crippen LogP contribution in [0.4, 0.5) is 0 Å². The van der Waals surface area contributed by atoms with Gasteiger partial charge >= 0.3 is 0 Å². The Labute approximate surface area is 117 Å². The molecule has 0 bridgehead atoms. The first-order valence-electron chi connectivity index (χ1n) is 6.71. The number of aliphatic imine (C=N–C) groups is 1. The predicted molar refractivity (Wildman–Crippen MR) is 80.6 cm³/mol. The fourth-order valence-electron chi connectivity index (χ4n) is 1.61. The maximum absolute atomic E-state index is 10.8. The van der Waals surface area contributed by atoms with Crippen molar-refractivity contribution in [3.63, 3.8) is 0 Å². The molecule has 0 aliphatic carbocycles. The number of nitrogens with zero attached hydrogens (tertiary/aromatic N) is 1. The van der Waals surface area contributed by atoms with Crippen molar-refractivity contribution in [1.29, 1.82) is 0 Å². The van der Waals surface area contributed by atoms with E-state index in [1.54, 1.807) is 0 Å². The van der Waals surface area contributed by atoms with Gasteiger partial charge in [-0.15, -0.1) is 0 Å². The SMILES string of the molecule is CC(C)CCCC(C)NC(N)=NCCNS(C)(=O)=O. The van der Waals surface area contributed by atoms with E-state index in [1.807, 2.05) is 0 Å². The van der Waals surface area contributed by atoms with E-state index in [0.29, 0.717) is 12.5 Å². The van der Waals surface area contributed by atoms with Crippen molar-refractivity contribution in [2.24, 2.45) is 16.6 Å². The average molecular weight is 292 g/mol. The van der Waals surface area contributed by atoms with Gasteiger partial charge in [0.05, 0.1) is 12.8 Å². The van der Waals surface area contributed by atoms with Gasteiger partial charge in [-0.05, 0) is 19.3 Å². The molecule has 6 nitrogen and oxygen atoms in total. The second-order valence-electron chi connectivity index (χ2n) is 5.30. The third kappa shape index (κ3) is 13.4. The van der Waals surface area contributed by atoms with E-state index in [1.165, 1.54) is 6.42 Å². The van der Waals surface area contributed by atoms with E-state index in [4.69, 9.17) is 5.73 Å². The van der Waals surface area contributed by atoms with E-state index in [9.17, 15) is 8.42 Å². The monoisotopic (exact) mass is 292 g/mol. The van der Waals surface area contributed by atoms with Crippen LogP contribution < -0.4 is 15.8 Å². The van der Waals surface area contributed by atoms with Gasteiger partial charge in [-0.3, -0.25) is 4.99 Å². The first-order valence-corrected chi connectivity index (χ1v) is 8.61. The standard InChI is InChI=1S/C12H28N4O2S/c1-10(2)6-5-7-11(3)16-12(13)14-8-9-15-19(4,17)18/h10-11,15H,5-9H2,1-4H3,(H3,13,14,16). The van der Waals surface area contributed by atoms with Crippen molar-refractivity contribution in [3.05, 3.63) is 0 Å². The number of nitrogens with one attached hydrogen (secondary N) is 2. The smallest absolute Gasteiger partial charge is 0.208 e. The summed E-state index contributed by atoms with van der Waals surface area (Å²) < 4.78 is 24.0. The molecule has 0 aliphatic rings. The zero-order valence-corrected chi connectivity index (χ0v) is 13.3. The molecule has 0 radical (unpaired) electrons. The third-order valence-corrected chi connectivity index (χ3v) is 3.30. The van der Waals surface area contributed by atoms with Gasteiger partial charge in [-0.1, -0.05) is 26.7 Å². The Morgan fingerprint density at radius 2 is 1.89 bits per heavy atom. The summed E-state index contributed by atoms with van der Waals surface area (Å²) in [6, 6.07) is 0.283. The topological polar surface area (TPSA) is 96.6 Å². The maximum atomic E-state index is 10.8. The Hall–Kier alpha value is -0.820. The van der Waals surface area contributed by atoms with Crippen molar-refractivity contribution >= 4 is 16.0 Å². The highest BCUT2D eigenvalue weighted by Gasteiger charge is 2.04. The molecule has 0 saturated heterocycles. The van der Waals surface area contributed by atoms with Crippen LogP contribution in [0.25, 0.3) is 0 Å². The predicted octanol–water partition coefficient (Wildman–Crippen LogP) is 0.655. The quantitative estimate of drug-likeness (QED) is 0.330. The van der Waals surface area contributed by atoms with Gasteiger partial charge in [-0.2, -0.15) is 0 Å². The normalized spacial score (nSPS) is 14.7. The fraction of sp³-hybridized carbons (Fsp3) is 0.917. The van der Waals surface area contributed by atoms with E-state index in [2.05, 4.69) is 35.8 Å². The van der Waals surface area contributed by atoms with Crippen LogP contribution in [0.5, 0.6) is 0 Å². The van der Waals surface area contributed by atoms with Gasteiger partial charge < -0.3 is 11.1 Å². The molecule has 1 atom stereocenters. The van der Waals surface area contributed by atoms with Crippen molar-refractivity contribution in [3.8, 4) is 0 Å². The lowest BCUT2D eigenvalue weighted by atomic mass is 10.0. The van der Waals surface area contributed by atoms with E-state index < -0.39 is 10.0 Å². The lowest BCUT2D eigenvalue weighted by molar-refractivity contribution is 0.493. The van der Waals surface area contributed by atoms with Crippen molar-refractivity contribution < 1.29 is 8.42 Å². The summed E-state index contributed by atoms with van der Waals surface area (Å²) in [4.78, 5) is 4.07. The van der Waals surface area contributed by atoms with Crippen LogP contribution in [0.3, 0.4) is 0 Å². The summed E-state index contributed by atoms with van der Waals surface area (Å²) in [7, 11) is -3.15. The molecule has 0 aromatic heterocycles. The second-order valence-corrected chi connectivity index (χ2v) is 7.14. The Morgan fingerprint density at radius 1 is 1.26 bits per heavy atom. The Bertz CT molecular complexity index is 366. The highest BCUT2D eigenvalue weighted by atomic mass is 32.2. The summed E-state index contributed by atoms with van der Waals surface area (Å²) in [6.07, 6.45) is 4.54. The summed E-state index contributed by atoms with van der Waals surface area (Å²) in [5.74, 6) is 1.09. The minimum atomic E-state index is -3.15. The summed E-state index contributed by atoms with van der Waals surface area (Å²) in [5.41, 5.74) is 5.72. The molecule has 0 amide bonds. The molecule has 0 aliphatic heterocycles. The Kier molecular flexibility index (Phi) is 8.75. The summed E-state index contributed by atoms with van der Waals surface area (Å²) in [6.45, 7) is 7.09. The highest BCUT2D eigenvalue weighted by molar-refractivity contribution is 7.88. The van der Waals surface area contributed by atoms with Gasteiger partial charge in [0.15, 0.2) is 5.96 Å². The first kappa shape index (κ1) is 18.2. The summed E-state index contributed by atoms with van der Waals surface area (Å²) >= 11 is 0. The van der Waals surface area contributed by atoms with Gasteiger partial charge in [0.2, 0.25) is 10.0 Å². The number of rotatable bonds is 9. The molecule has 114 valence electrons. The first-order chi connectivity index (χ1) is 8.70. The molecule has 7 heteroatoms. The van der Waals surface area contributed by atoms with Crippen LogP contribution in [0.1, 0.15) is 40.0 Å². The highest BCUT2D eigenvalue weighted by Crippen LogP contribution is 2.07. The number of hydrogen-bond acceptors (Lipinski definition) is 3. The van der Waals surface area contributed by atoms with Gasteiger partial charge in [-0.25, -0.2) is 13.1 Å². The lowest BCUT2D eigenvalue weighted by Gasteiger charge is -2.15. The molecule has 4 N–H and O–H groups in total. The lowest BCUT2D eigenvalue weighted by Crippen LogP contribution is -2.39. The molecule has 0 rings (SSSR count). The Morgan fingerprint density at radius 3 is 2.42 bits per heavy atom. The van der Waals surface area contributed by atoms with Crippen LogP contribution >= 0.6 is 0 Å². The number of hydrogen-bond donors (Lipinski definition) is 3. The molecule has 0 heterocycles. The van der Waals surface area contributed by atoms with Gasteiger partial charge in [0.1, 0.15) is 0 Å². The molecule has 0 fully saturated rings. The zero-order chi connectivity index (χ0) is 14.9. The average Bonchev–Trinajstić information content (AvgIpc) is 2.22. The minimum Gasteiger partial charge on any atom is -0.370 e. The van der Waals surface area contributed by atoms with Crippen molar-refractivity contribution in [2.45, 2.75) is 46.1 Å². The van der Waals surface area contributed by atoms with Crippen LogP contribution in [0.15, 0.2) is 4.99 Å². The van der Waals surface area contributed by atoms with E-state index >= 15 is 0 Å². The minimum absolute atomic E-state index is 0.267. The molecule has 19 heavy (non-hydrogen) atoms. The fourth-order valence-corrected chi connectivity index (χ4v) is 2.07. The van der Waals surface area contributed by atoms with E-state index in [-0.39, 0.29) is 12.6 Å². The second kappa shape index (κ2) is 9.14. The summed E-state index contributed by atoms with van der Waals surface area (Å²) in [5, 5.41) is 3.10. The van der Waals surface area contributed by atoms with Gasteiger partial charge in [0.25, 0.3) is 0 Å². The number of nitrogens with two attached hydrogens (primary N) is 1. The van der Waals surface area contributed by atoms with Crippen LogP contribution in [0.2, 0.25) is 0 Å².